The van der Waals surface area contributed by atoms with E-state index in [1.807, 2.05) is 32.8 Å². The van der Waals surface area contributed by atoms with Crippen molar-refractivity contribution in [2.24, 2.45) is 0 Å². The molecule has 0 saturated carbocycles. The molecular formula is C13H18ClNO3. The Kier molecular flexibility index (Phi) is 4.59. The van der Waals surface area contributed by atoms with E-state index < -0.39 is 5.97 Å². The fourth-order valence-corrected chi connectivity index (χ4v) is 1.37. The molecule has 4 nitrogen and oxygen atoms in total. The maximum absolute atomic E-state index is 10.8. The molecule has 0 spiro atoms. The molecule has 0 amide bonds. The predicted octanol–water partition coefficient (Wildman–Crippen LogP) is 2.76. The quantitative estimate of drug-likeness (QED) is 0.895. The number of rotatable bonds is 5. The zero-order valence-corrected chi connectivity index (χ0v) is 11.8. The number of likely N-dealkylation sites (N-methyl/N-ethyl adjacent to an activating group) is 1. The van der Waals surface area contributed by atoms with E-state index in [-0.39, 0.29) is 11.1 Å². The second-order valence-corrected chi connectivity index (χ2v) is 5.35. The highest BCUT2D eigenvalue weighted by atomic mass is 35.5. The van der Waals surface area contributed by atoms with E-state index in [0.29, 0.717) is 17.4 Å². The Balaban J connectivity index is 2.78. The second kappa shape index (κ2) is 5.59. The number of ether oxygens (including phenoxy) is 1. The number of carboxylic acid groups (broad SMARTS) is 1. The number of carboxylic acids is 1. The van der Waals surface area contributed by atoms with Crippen molar-refractivity contribution in [2.75, 3.05) is 20.7 Å². The molecule has 0 saturated heterocycles. The lowest BCUT2D eigenvalue weighted by molar-refractivity contribution is 0.0696. The first kappa shape index (κ1) is 14.8. The van der Waals surface area contributed by atoms with Crippen LogP contribution >= 0.6 is 11.6 Å². The number of aromatic carboxylic acids is 1. The first-order chi connectivity index (χ1) is 8.24. The molecular weight excluding hydrogens is 254 g/mol. The monoisotopic (exact) mass is 271 g/mol. The Morgan fingerprint density at radius 2 is 2.06 bits per heavy atom. The molecule has 5 heteroatoms. The first-order valence-corrected chi connectivity index (χ1v) is 5.95. The van der Waals surface area contributed by atoms with E-state index in [4.69, 9.17) is 21.4 Å². The van der Waals surface area contributed by atoms with Crippen molar-refractivity contribution in [1.82, 2.24) is 4.90 Å². The lowest BCUT2D eigenvalue weighted by Crippen LogP contribution is -2.43. The number of carbonyl (C=O) groups is 1. The molecule has 1 aromatic carbocycles. The molecule has 0 fully saturated rings. The number of hydrogen-bond acceptors (Lipinski definition) is 3. The molecule has 0 radical (unpaired) electrons. The summed E-state index contributed by atoms with van der Waals surface area (Å²) in [6, 6.07) is 4.45. The summed E-state index contributed by atoms with van der Waals surface area (Å²) in [6.07, 6.45) is 0. The third-order valence-electron chi connectivity index (χ3n) is 2.97. The minimum absolute atomic E-state index is 0.130. The minimum atomic E-state index is -1.00. The molecule has 1 aromatic rings. The lowest BCUT2D eigenvalue weighted by atomic mass is 10.1. The molecule has 1 rings (SSSR count). The van der Waals surface area contributed by atoms with Crippen LogP contribution in [0.3, 0.4) is 0 Å². The van der Waals surface area contributed by atoms with Crippen LogP contribution in [0.5, 0.6) is 5.75 Å². The van der Waals surface area contributed by atoms with Gasteiger partial charge in [0.25, 0.3) is 0 Å². The Hall–Kier alpha value is -1.26. The summed E-state index contributed by atoms with van der Waals surface area (Å²) in [4.78, 5) is 12.8. The molecule has 0 unspecified atom stereocenters. The molecule has 0 heterocycles. The highest BCUT2D eigenvalue weighted by molar-refractivity contribution is 6.32. The normalized spacial score (nSPS) is 11.7. The maximum Gasteiger partial charge on any atom is 0.335 e. The number of benzene rings is 1. The van der Waals surface area contributed by atoms with Gasteiger partial charge in [-0.2, -0.15) is 0 Å². The lowest BCUT2D eigenvalue weighted by Gasteiger charge is -2.32. The first-order valence-electron chi connectivity index (χ1n) is 5.57. The van der Waals surface area contributed by atoms with Crippen LogP contribution in [0.25, 0.3) is 0 Å². The van der Waals surface area contributed by atoms with Crippen LogP contribution in [0.4, 0.5) is 0 Å². The van der Waals surface area contributed by atoms with Gasteiger partial charge in [-0.1, -0.05) is 11.6 Å². The Labute approximate surface area is 112 Å². The summed E-state index contributed by atoms with van der Waals surface area (Å²) in [5.74, 6) is -0.506. The van der Waals surface area contributed by atoms with Crippen LogP contribution in [0.2, 0.25) is 5.02 Å². The van der Waals surface area contributed by atoms with Gasteiger partial charge in [0.1, 0.15) is 12.4 Å². The molecule has 1 N–H and O–H groups in total. The molecule has 18 heavy (non-hydrogen) atoms. The highest BCUT2D eigenvalue weighted by Gasteiger charge is 2.22. The van der Waals surface area contributed by atoms with Gasteiger partial charge in [-0.25, -0.2) is 4.79 Å². The van der Waals surface area contributed by atoms with Gasteiger partial charge < -0.3 is 14.7 Å². The molecule has 0 bridgehead atoms. The van der Waals surface area contributed by atoms with Gasteiger partial charge in [0, 0.05) is 5.54 Å². The average Bonchev–Trinajstić information content (AvgIpc) is 2.26. The third-order valence-corrected chi connectivity index (χ3v) is 3.27. The molecule has 0 aliphatic heterocycles. The summed E-state index contributed by atoms with van der Waals surface area (Å²) in [6.45, 7) is 4.56. The Morgan fingerprint density at radius 1 is 1.44 bits per heavy atom. The number of nitrogens with zero attached hydrogens (tertiary/aromatic N) is 1. The highest BCUT2D eigenvalue weighted by Crippen LogP contribution is 2.26. The molecule has 0 aliphatic carbocycles. The van der Waals surface area contributed by atoms with Gasteiger partial charge in [-0.15, -0.1) is 0 Å². The van der Waals surface area contributed by atoms with E-state index in [0.717, 1.165) is 0 Å². The Bertz CT molecular complexity index is 444. The van der Waals surface area contributed by atoms with Gasteiger partial charge in [0.15, 0.2) is 0 Å². The van der Waals surface area contributed by atoms with Gasteiger partial charge in [-0.3, -0.25) is 0 Å². The van der Waals surface area contributed by atoms with E-state index >= 15 is 0 Å². The van der Waals surface area contributed by atoms with Gasteiger partial charge in [0.05, 0.1) is 10.6 Å². The smallest absolute Gasteiger partial charge is 0.335 e. The molecule has 100 valence electrons. The average molecular weight is 272 g/mol. The van der Waals surface area contributed by atoms with E-state index in [9.17, 15) is 4.79 Å². The number of halogens is 1. The van der Waals surface area contributed by atoms with Crippen LogP contribution in [0, 0.1) is 0 Å². The van der Waals surface area contributed by atoms with Crippen molar-refractivity contribution in [3.05, 3.63) is 28.8 Å². The molecule has 0 atom stereocenters. The van der Waals surface area contributed by atoms with Gasteiger partial charge >= 0.3 is 5.97 Å². The molecule has 0 aliphatic rings. The van der Waals surface area contributed by atoms with Gasteiger partial charge in [-0.05, 0) is 46.1 Å². The Morgan fingerprint density at radius 3 is 2.50 bits per heavy atom. The zero-order chi connectivity index (χ0) is 13.9. The third kappa shape index (κ3) is 3.62. The van der Waals surface area contributed by atoms with Crippen molar-refractivity contribution in [1.29, 1.82) is 0 Å². The van der Waals surface area contributed by atoms with Crippen molar-refractivity contribution < 1.29 is 14.6 Å². The van der Waals surface area contributed by atoms with Gasteiger partial charge in [0.2, 0.25) is 0 Å². The van der Waals surface area contributed by atoms with Crippen molar-refractivity contribution in [3.63, 3.8) is 0 Å². The van der Waals surface area contributed by atoms with Crippen LogP contribution < -0.4 is 4.74 Å². The minimum Gasteiger partial charge on any atom is -0.490 e. The SMILES string of the molecule is CN(C)C(C)(C)COc1ccc(C(=O)O)cc1Cl. The van der Waals surface area contributed by atoms with Crippen LogP contribution in [0.1, 0.15) is 24.2 Å². The molecule has 0 aromatic heterocycles. The van der Waals surface area contributed by atoms with E-state index in [1.165, 1.54) is 12.1 Å². The number of hydrogen-bond donors (Lipinski definition) is 1. The van der Waals surface area contributed by atoms with Crippen LogP contribution in [-0.4, -0.2) is 42.2 Å². The topological polar surface area (TPSA) is 49.8 Å². The summed E-state index contributed by atoms with van der Waals surface area (Å²) < 4.78 is 5.63. The standard InChI is InChI=1S/C13H18ClNO3/c1-13(2,15(3)4)8-18-11-6-5-9(12(16)17)7-10(11)14/h5-7H,8H2,1-4H3,(H,16,17). The zero-order valence-electron chi connectivity index (χ0n) is 11.0. The summed E-state index contributed by atoms with van der Waals surface area (Å²) in [5, 5.41) is 9.14. The van der Waals surface area contributed by atoms with Crippen molar-refractivity contribution >= 4 is 17.6 Å². The van der Waals surface area contributed by atoms with Crippen molar-refractivity contribution in [2.45, 2.75) is 19.4 Å². The maximum atomic E-state index is 10.8. The fraction of sp³-hybridized carbons (Fsp3) is 0.462. The predicted molar refractivity (Wildman–Crippen MR) is 71.7 cm³/mol. The summed E-state index contributed by atoms with van der Waals surface area (Å²) in [5.41, 5.74) is 0.0219. The summed E-state index contributed by atoms with van der Waals surface area (Å²) in [7, 11) is 3.94. The fourth-order valence-electron chi connectivity index (χ4n) is 1.13. The summed E-state index contributed by atoms with van der Waals surface area (Å²) >= 11 is 5.98. The van der Waals surface area contributed by atoms with Crippen LogP contribution in [-0.2, 0) is 0 Å². The van der Waals surface area contributed by atoms with E-state index in [1.54, 1.807) is 6.07 Å². The second-order valence-electron chi connectivity index (χ2n) is 4.95. The largest absolute Gasteiger partial charge is 0.490 e. The van der Waals surface area contributed by atoms with Crippen molar-refractivity contribution in [3.8, 4) is 5.75 Å². The van der Waals surface area contributed by atoms with Crippen LogP contribution in [0.15, 0.2) is 18.2 Å². The van der Waals surface area contributed by atoms with E-state index in [2.05, 4.69) is 0 Å².